The standard InChI is InChI=1S/C14H15F2NOS/c1-9(12-6-11(15)2-3-13(12)16)17-7-14(18)10-4-5-19-8-10/h2-6,8-9,14,17-18H,7H2,1H3. The normalized spacial score (nSPS) is 14.3. The average Bonchev–Trinajstić information content (AvgIpc) is 2.92. The number of hydrogen-bond donors (Lipinski definition) is 2. The summed E-state index contributed by atoms with van der Waals surface area (Å²) in [5.74, 6) is -0.921. The maximum absolute atomic E-state index is 13.6. The molecule has 0 saturated heterocycles. The lowest BCUT2D eigenvalue weighted by Gasteiger charge is -2.17. The molecular weight excluding hydrogens is 268 g/mol. The molecule has 2 N–H and O–H groups in total. The molecule has 5 heteroatoms. The molecule has 0 bridgehead atoms. The van der Waals surface area contributed by atoms with Gasteiger partial charge in [-0.2, -0.15) is 11.3 Å². The third-order valence-corrected chi connectivity index (χ3v) is 3.67. The first-order valence-corrected chi connectivity index (χ1v) is 6.90. The van der Waals surface area contributed by atoms with Gasteiger partial charge in [0.1, 0.15) is 11.6 Å². The van der Waals surface area contributed by atoms with Gasteiger partial charge in [-0.1, -0.05) is 0 Å². The van der Waals surface area contributed by atoms with Crippen molar-refractivity contribution in [2.75, 3.05) is 6.54 Å². The largest absolute Gasteiger partial charge is 0.387 e. The Bertz CT molecular complexity index is 530. The fourth-order valence-electron chi connectivity index (χ4n) is 1.83. The highest BCUT2D eigenvalue weighted by atomic mass is 32.1. The molecule has 2 rings (SSSR count). The zero-order chi connectivity index (χ0) is 13.8. The van der Waals surface area contributed by atoms with Crippen molar-refractivity contribution < 1.29 is 13.9 Å². The van der Waals surface area contributed by atoms with E-state index in [1.165, 1.54) is 17.4 Å². The Hall–Kier alpha value is -1.30. The minimum atomic E-state index is -0.648. The molecule has 0 radical (unpaired) electrons. The minimum absolute atomic E-state index is 0.262. The van der Waals surface area contributed by atoms with Crippen LogP contribution in [0, 0.1) is 11.6 Å². The van der Waals surface area contributed by atoms with Gasteiger partial charge in [0.25, 0.3) is 0 Å². The summed E-state index contributed by atoms with van der Waals surface area (Å²) in [4.78, 5) is 0. The van der Waals surface area contributed by atoms with E-state index in [9.17, 15) is 13.9 Å². The van der Waals surface area contributed by atoms with Gasteiger partial charge in [0.15, 0.2) is 0 Å². The highest BCUT2D eigenvalue weighted by molar-refractivity contribution is 7.07. The van der Waals surface area contributed by atoms with Gasteiger partial charge in [-0.05, 0) is 47.5 Å². The second kappa shape index (κ2) is 6.23. The van der Waals surface area contributed by atoms with Gasteiger partial charge in [-0.3, -0.25) is 0 Å². The number of aliphatic hydroxyl groups excluding tert-OH is 1. The number of nitrogens with one attached hydrogen (secondary N) is 1. The molecule has 1 aromatic heterocycles. The third kappa shape index (κ3) is 3.59. The average molecular weight is 283 g/mol. The highest BCUT2D eigenvalue weighted by Gasteiger charge is 2.14. The molecular formula is C14H15F2NOS. The zero-order valence-electron chi connectivity index (χ0n) is 10.4. The summed E-state index contributed by atoms with van der Waals surface area (Å²) in [5.41, 5.74) is 1.09. The number of rotatable bonds is 5. The molecule has 0 saturated carbocycles. The van der Waals surface area contributed by atoms with Crippen molar-refractivity contribution in [2.45, 2.75) is 19.1 Å². The number of benzene rings is 1. The Morgan fingerprint density at radius 3 is 2.79 bits per heavy atom. The summed E-state index contributed by atoms with van der Waals surface area (Å²) in [6.07, 6.45) is -0.648. The maximum Gasteiger partial charge on any atom is 0.128 e. The predicted octanol–water partition coefficient (Wildman–Crippen LogP) is 3.41. The molecule has 2 atom stereocenters. The lowest BCUT2D eigenvalue weighted by molar-refractivity contribution is 0.171. The van der Waals surface area contributed by atoms with Crippen molar-refractivity contribution >= 4 is 11.3 Å². The maximum atomic E-state index is 13.6. The van der Waals surface area contributed by atoms with Crippen LogP contribution in [-0.4, -0.2) is 11.7 Å². The molecule has 2 nitrogen and oxygen atoms in total. The molecule has 0 aliphatic rings. The van der Waals surface area contributed by atoms with Gasteiger partial charge in [0.05, 0.1) is 6.10 Å². The topological polar surface area (TPSA) is 32.3 Å². The van der Waals surface area contributed by atoms with Crippen LogP contribution in [0.2, 0.25) is 0 Å². The van der Waals surface area contributed by atoms with Gasteiger partial charge >= 0.3 is 0 Å². The molecule has 0 aliphatic heterocycles. The van der Waals surface area contributed by atoms with Gasteiger partial charge in [0.2, 0.25) is 0 Å². The van der Waals surface area contributed by atoms with Crippen LogP contribution in [0.3, 0.4) is 0 Å². The van der Waals surface area contributed by atoms with Crippen LogP contribution >= 0.6 is 11.3 Å². The van der Waals surface area contributed by atoms with Crippen molar-refractivity contribution in [3.05, 3.63) is 57.8 Å². The molecule has 2 aromatic rings. The highest BCUT2D eigenvalue weighted by Crippen LogP contribution is 2.20. The van der Waals surface area contributed by atoms with E-state index in [-0.39, 0.29) is 18.2 Å². The monoisotopic (exact) mass is 283 g/mol. The predicted molar refractivity (Wildman–Crippen MR) is 72.1 cm³/mol. The molecule has 1 aromatic carbocycles. The number of aliphatic hydroxyl groups is 1. The lowest BCUT2D eigenvalue weighted by Crippen LogP contribution is -2.25. The van der Waals surface area contributed by atoms with E-state index in [1.807, 2.05) is 16.8 Å². The van der Waals surface area contributed by atoms with Crippen LogP contribution in [-0.2, 0) is 0 Å². The zero-order valence-corrected chi connectivity index (χ0v) is 11.3. The second-order valence-corrected chi connectivity index (χ2v) is 5.15. The van der Waals surface area contributed by atoms with E-state index in [0.717, 1.165) is 17.7 Å². The Morgan fingerprint density at radius 2 is 2.11 bits per heavy atom. The van der Waals surface area contributed by atoms with Crippen LogP contribution in [0.5, 0.6) is 0 Å². The lowest BCUT2D eigenvalue weighted by atomic mass is 10.1. The molecule has 2 unspecified atom stereocenters. The molecule has 0 aliphatic carbocycles. The summed E-state index contributed by atoms with van der Waals surface area (Å²) in [7, 11) is 0. The smallest absolute Gasteiger partial charge is 0.128 e. The first kappa shape index (κ1) is 14.1. The SMILES string of the molecule is CC(NCC(O)c1ccsc1)c1cc(F)ccc1F. The fraction of sp³-hybridized carbons (Fsp3) is 0.286. The molecule has 19 heavy (non-hydrogen) atoms. The van der Waals surface area contributed by atoms with Crippen molar-refractivity contribution in [1.29, 1.82) is 0 Å². The fourth-order valence-corrected chi connectivity index (χ4v) is 2.53. The number of thiophene rings is 1. The summed E-state index contributed by atoms with van der Waals surface area (Å²) in [5, 5.41) is 16.7. The van der Waals surface area contributed by atoms with Crippen molar-refractivity contribution in [3.63, 3.8) is 0 Å². The molecule has 0 fully saturated rings. The summed E-state index contributed by atoms with van der Waals surface area (Å²) < 4.78 is 26.6. The van der Waals surface area contributed by atoms with E-state index in [2.05, 4.69) is 5.32 Å². The summed E-state index contributed by atoms with van der Waals surface area (Å²) in [6, 6.07) is 4.84. The quantitative estimate of drug-likeness (QED) is 0.881. The van der Waals surface area contributed by atoms with E-state index >= 15 is 0 Å². The number of hydrogen-bond acceptors (Lipinski definition) is 3. The van der Waals surface area contributed by atoms with E-state index < -0.39 is 17.7 Å². The molecule has 1 heterocycles. The van der Waals surface area contributed by atoms with Crippen molar-refractivity contribution in [2.24, 2.45) is 0 Å². The van der Waals surface area contributed by atoms with E-state index in [4.69, 9.17) is 0 Å². The second-order valence-electron chi connectivity index (χ2n) is 4.37. The minimum Gasteiger partial charge on any atom is -0.387 e. The number of halogens is 2. The van der Waals surface area contributed by atoms with Crippen LogP contribution in [0.15, 0.2) is 35.0 Å². The first-order chi connectivity index (χ1) is 9.08. The molecule has 0 spiro atoms. The van der Waals surface area contributed by atoms with Crippen molar-refractivity contribution in [1.82, 2.24) is 5.32 Å². The van der Waals surface area contributed by atoms with E-state index in [1.54, 1.807) is 6.92 Å². The van der Waals surface area contributed by atoms with Crippen molar-refractivity contribution in [3.8, 4) is 0 Å². The van der Waals surface area contributed by atoms with Gasteiger partial charge in [0, 0.05) is 18.2 Å². The Balaban J connectivity index is 1.97. The van der Waals surface area contributed by atoms with Gasteiger partial charge < -0.3 is 10.4 Å². The van der Waals surface area contributed by atoms with Crippen LogP contribution in [0.4, 0.5) is 8.78 Å². The van der Waals surface area contributed by atoms with Crippen LogP contribution in [0.25, 0.3) is 0 Å². The Kier molecular flexibility index (Phi) is 4.63. The molecule has 0 amide bonds. The van der Waals surface area contributed by atoms with Crippen LogP contribution in [0.1, 0.15) is 30.2 Å². The van der Waals surface area contributed by atoms with Crippen LogP contribution < -0.4 is 5.32 Å². The van der Waals surface area contributed by atoms with Gasteiger partial charge in [-0.15, -0.1) is 0 Å². The Morgan fingerprint density at radius 1 is 1.32 bits per heavy atom. The van der Waals surface area contributed by atoms with E-state index in [0.29, 0.717) is 0 Å². The Labute approximate surface area is 114 Å². The summed E-state index contributed by atoms with van der Waals surface area (Å²) in [6.45, 7) is 2.02. The summed E-state index contributed by atoms with van der Waals surface area (Å²) >= 11 is 1.51. The third-order valence-electron chi connectivity index (χ3n) is 2.97. The molecule has 102 valence electrons. The van der Waals surface area contributed by atoms with Gasteiger partial charge in [-0.25, -0.2) is 8.78 Å². The first-order valence-electron chi connectivity index (χ1n) is 5.96.